The van der Waals surface area contributed by atoms with E-state index in [9.17, 15) is 0 Å². The van der Waals surface area contributed by atoms with Gasteiger partial charge in [0.05, 0.1) is 17.1 Å². The number of fused-ring (bicyclic) bond motifs is 12. The minimum absolute atomic E-state index is 0.0459. The van der Waals surface area contributed by atoms with Crippen molar-refractivity contribution in [2.75, 3.05) is 20.0 Å². The second-order valence-corrected chi connectivity index (χ2v) is 30.8. The van der Waals surface area contributed by atoms with Crippen molar-refractivity contribution < 1.29 is 9.47 Å². The normalized spacial score (nSPS) is 17.2. The lowest BCUT2D eigenvalue weighted by atomic mass is 9.29. The fourth-order valence-electron chi connectivity index (χ4n) is 20.6. The number of benzene rings is 10. The molecule has 0 unspecified atom stereocenters. The molecule has 9 aliphatic rings. The predicted molar refractivity (Wildman–Crippen MR) is 407 cm³/mol. The molecule has 0 spiro atoms. The number of ether oxygens (including phenoxy) is 2. The first-order valence-corrected chi connectivity index (χ1v) is 36.6. The van der Waals surface area contributed by atoms with Gasteiger partial charge in [-0.05, 0) is 278 Å². The number of anilines is 11. The second kappa shape index (κ2) is 22.1. The minimum atomic E-state index is -0.161. The largest absolute Gasteiger partial charge is 0.458 e. The number of para-hydroxylation sites is 2. The van der Waals surface area contributed by atoms with E-state index in [0.717, 1.165) is 23.0 Å². The fraction of sp³-hybridized carbons (Fsp3) is 0.310. The highest BCUT2D eigenvalue weighted by Crippen LogP contribution is 2.54. The molecule has 96 heavy (non-hydrogen) atoms. The summed E-state index contributed by atoms with van der Waals surface area (Å²) in [5, 5.41) is 4.27. The van der Waals surface area contributed by atoms with Gasteiger partial charge in [-0.3, -0.25) is 0 Å². The van der Waals surface area contributed by atoms with Crippen LogP contribution in [0.2, 0.25) is 0 Å². The standard InChI is InChI=1S/C87H85B3N4O2/c1-49-33-52(4)85(53(5)34-49)92-72-47-70-66(88-64-29-19-21-31-78(64)95-80-43-61(39-71(91-70)82(80)88)58-23-13-10-14-24-58)45-67(72)90-69-46-68-73(48-74(69)93(86-54(6)35-50(2)36-55(86)7)76-41-62(40-75(92)83(76)90)59-25-15-11-16-26-59)94(87-56(8)37-51(3)38-57(87)9)77-42-63(60-27-17-12-18-28-60)44-81-84(77)89(68)65-30-20-22-32-79(65)96-81/h19-22,29-48,58-60,91H,10-18,23-28H2,1-9H3. The van der Waals surface area contributed by atoms with Crippen LogP contribution in [0.3, 0.4) is 0 Å². The minimum Gasteiger partial charge on any atom is -0.458 e. The van der Waals surface area contributed by atoms with Crippen LogP contribution in [0.4, 0.5) is 62.6 Å². The van der Waals surface area contributed by atoms with E-state index >= 15 is 0 Å². The molecule has 6 heterocycles. The van der Waals surface area contributed by atoms with Crippen LogP contribution in [0.25, 0.3) is 0 Å². The third-order valence-corrected chi connectivity index (χ3v) is 24.4. The Kier molecular flexibility index (Phi) is 13.5. The Bertz CT molecular complexity index is 4920. The van der Waals surface area contributed by atoms with Gasteiger partial charge >= 0.3 is 0 Å². The van der Waals surface area contributed by atoms with Gasteiger partial charge in [0, 0.05) is 45.5 Å². The molecule has 0 atom stereocenters. The molecule has 0 radical (unpaired) electrons. The number of aryl methyl sites for hydroxylation is 9. The number of nitrogens with zero attached hydrogens (tertiary/aromatic N) is 3. The van der Waals surface area contributed by atoms with Crippen molar-refractivity contribution in [3.8, 4) is 23.0 Å². The summed E-state index contributed by atoms with van der Waals surface area (Å²) in [6.45, 7) is 20.7. The summed E-state index contributed by atoms with van der Waals surface area (Å²) in [6, 6.07) is 58.7. The van der Waals surface area contributed by atoms with Crippen LogP contribution in [-0.2, 0) is 0 Å². The molecule has 0 bridgehead atoms. The van der Waals surface area contributed by atoms with Gasteiger partial charge in [0.15, 0.2) is 0 Å². The van der Waals surface area contributed by atoms with Gasteiger partial charge in [0.2, 0.25) is 0 Å². The summed E-state index contributed by atoms with van der Waals surface area (Å²) in [4.78, 5) is 8.29. The van der Waals surface area contributed by atoms with Crippen LogP contribution >= 0.6 is 0 Å². The van der Waals surface area contributed by atoms with Crippen LogP contribution in [-0.4, -0.2) is 20.1 Å². The molecule has 3 saturated carbocycles. The second-order valence-electron chi connectivity index (χ2n) is 30.8. The maximum atomic E-state index is 7.38. The van der Waals surface area contributed by atoms with Crippen LogP contribution in [0.5, 0.6) is 23.0 Å². The summed E-state index contributed by atoms with van der Waals surface area (Å²) in [5.41, 5.74) is 41.3. The van der Waals surface area contributed by atoms with Gasteiger partial charge in [-0.25, -0.2) is 0 Å². The smallest absolute Gasteiger partial charge is 0.256 e. The summed E-state index contributed by atoms with van der Waals surface area (Å²) in [6.07, 6.45) is 18.8. The molecular formula is C87H85B3N4O2. The predicted octanol–water partition coefficient (Wildman–Crippen LogP) is 17.8. The highest BCUT2D eigenvalue weighted by atomic mass is 16.5. The molecule has 19 rings (SSSR count). The first-order valence-electron chi connectivity index (χ1n) is 36.6. The number of hydrogen-bond donors (Lipinski definition) is 1. The molecule has 0 amide bonds. The SMILES string of the molecule is Cc1cc(C)c(N2c3cc4c(cc3B3c5ccccc5Oc5cc(C6CCCCC6)cc2c53)B2c3cc5c(cc3N(c3c(C)cc(C)cc3C)c3cc(C6CCCCC6)cc(c32)N4c2c(C)cc(C)cc2C)Nc2cc(C3CCCCC3)cc3c2B5c2ccccc2O3)c(C)c1. The summed E-state index contributed by atoms with van der Waals surface area (Å²) in [7, 11) is 0. The molecule has 0 saturated heterocycles. The molecule has 6 aliphatic heterocycles. The topological polar surface area (TPSA) is 40.2 Å². The zero-order valence-corrected chi connectivity index (χ0v) is 57.6. The lowest BCUT2D eigenvalue weighted by Gasteiger charge is -2.48. The van der Waals surface area contributed by atoms with Gasteiger partial charge in [0.1, 0.15) is 23.0 Å². The molecule has 6 nitrogen and oxygen atoms in total. The van der Waals surface area contributed by atoms with Crippen LogP contribution in [0.15, 0.2) is 146 Å². The lowest BCUT2D eigenvalue weighted by Crippen LogP contribution is -2.66. The number of hydrogen-bond acceptors (Lipinski definition) is 6. The summed E-state index contributed by atoms with van der Waals surface area (Å²) < 4.78 is 14.5. The van der Waals surface area contributed by atoms with Crippen molar-refractivity contribution in [2.24, 2.45) is 0 Å². The molecular weight excluding hydrogens is 1170 g/mol. The van der Waals surface area contributed by atoms with Crippen molar-refractivity contribution in [1.29, 1.82) is 0 Å². The average Bonchev–Trinajstić information content (AvgIpc) is 0.685. The van der Waals surface area contributed by atoms with E-state index in [-0.39, 0.29) is 20.1 Å². The Labute approximate surface area is 569 Å². The van der Waals surface area contributed by atoms with E-state index in [1.165, 1.54) is 275 Å². The van der Waals surface area contributed by atoms with Gasteiger partial charge in [0.25, 0.3) is 20.1 Å². The highest BCUT2D eigenvalue weighted by molar-refractivity contribution is 7.04. The van der Waals surface area contributed by atoms with E-state index in [1.807, 2.05) is 0 Å². The Morgan fingerprint density at radius 1 is 0.302 bits per heavy atom. The first-order chi connectivity index (χ1) is 46.8. The first kappa shape index (κ1) is 58.5. The van der Waals surface area contributed by atoms with Crippen LogP contribution < -0.4 is 78.7 Å². The molecule has 10 aromatic rings. The molecule has 3 fully saturated rings. The third kappa shape index (κ3) is 8.85. The van der Waals surface area contributed by atoms with Crippen molar-refractivity contribution in [3.05, 3.63) is 212 Å². The van der Waals surface area contributed by atoms with Crippen molar-refractivity contribution in [2.45, 2.75) is 176 Å². The van der Waals surface area contributed by atoms with Crippen LogP contribution in [0, 0.1) is 62.3 Å². The zero-order chi connectivity index (χ0) is 64.7. The maximum Gasteiger partial charge on any atom is 0.256 e. The van der Waals surface area contributed by atoms with Crippen molar-refractivity contribution >= 4 is 132 Å². The lowest BCUT2D eigenvalue weighted by molar-refractivity contribution is 0.440. The van der Waals surface area contributed by atoms with E-state index in [0.29, 0.717) is 17.8 Å². The van der Waals surface area contributed by atoms with E-state index < -0.39 is 0 Å². The third-order valence-electron chi connectivity index (χ3n) is 24.4. The number of rotatable bonds is 6. The van der Waals surface area contributed by atoms with Crippen LogP contribution in [0.1, 0.15) is 181 Å². The van der Waals surface area contributed by atoms with Gasteiger partial charge in [-0.2, -0.15) is 0 Å². The average molecular weight is 1250 g/mol. The molecule has 9 heteroatoms. The Morgan fingerprint density at radius 3 is 1.10 bits per heavy atom. The molecule has 474 valence electrons. The molecule has 3 aliphatic carbocycles. The van der Waals surface area contributed by atoms with E-state index in [2.05, 4.69) is 228 Å². The van der Waals surface area contributed by atoms with Crippen molar-refractivity contribution in [3.63, 3.8) is 0 Å². The summed E-state index contributed by atoms with van der Waals surface area (Å²) in [5.74, 6) is 5.37. The fourth-order valence-corrected chi connectivity index (χ4v) is 20.6. The Balaban J connectivity index is 0.949. The quantitative estimate of drug-likeness (QED) is 0.167. The van der Waals surface area contributed by atoms with E-state index in [1.54, 1.807) is 0 Å². The van der Waals surface area contributed by atoms with Gasteiger partial charge < -0.3 is 29.5 Å². The maximum absolute atomic E-state index is 7.38. The molecule has 0 aromatic heterocycles. The van der Waals surface area contributed by atoms with Gasteiger partial charge in [-0.1, -0.05) is 159 Å². The molecule has 10 aromatic carbocycles. The number of nitrogens with one attached hydrogen (secondary N) is 1. The zero-order valence-electron chi connectivity index (χ0n) is 57.6. The summed E-state index contributed by atoms with van der Waals surface area (Å²) >= 11 is 0. The monoisotopic (exact) mass is 1250 g/mol. The Morgan fingerprint density at radius 2 is 0.656 bits per heavy atom. The highest BCUT2D eigenvalue weighted by Gasteiger charge is 2.51. The van der Waals surface area contributed by atoms with Gasteiger partial charge in [-0.15, -0.1) is 0 Å². The van der Waals surface area contributed by atoms with Crippen molar-refractivity contribution in [1.82, 2.24) is 0 Å². The molecule has 1 N–H and O–H groups in total. The Hall–Kier alpha value is -8.81. The van der Waals surface area contributed by atoms with E-state index in [4.69, 9.17) is 9.47 Å².